The Morgan fingerprint density at radius 1 is 0.594 bits per heavy atom. The van der Waals surface area contributed by atoms with Crippen LogP contribution in [0.25, 0.3) is 0 Å². The topological polar surface area (TPSA) is 178 Å². The Balaban J connectivity index is 2.37. The molecule has 4 N–H and O–H groups in total. The predicted octanol–water partition coefficient (Wildman–Crippen LogP) is 11.7. The third-order valence-electron chi connectivity index (χ3n) is 11.8. The highest BCUT2D eigenvalue weighted by atomic mass is 32.3. The zero-order valence-corrected chi connectivity index (χ0v) is 41.2. The maximum atomic E-state index is 12.9. The lowest BCUT2D eigenvalue weighted by atomic mass is 9.99. The lowest BCUT2D eigenvalue weighted by Crippen LogP contribution is -2.60. The summed E-state index contributed by atoms with van der Waals surface area (Å²) < 4.78 is 59.2. The molecule has 64 heavy (non-hydrogen) atoms. The number of hydrogen-bond donors (Lipinski definition) is 4. The molecular weight excluding hydrogens is 837 g/mol. The van der Waals surface area contributed by atoms with Crippen molar-refractivity contribution in [3.63, 3.8) is 0 Å². The summed E-state index contributed by atoms with van der Waals surface area (Å²) in [6, 6.07) is 0. The average molecular weight is 931 g/mol. The smallest absolute Gasteiger partial charge is 0.397 e. The zero-order chi connectivity index (χ0) is 46.8. The van der Waals surface area contributed by atoms with E-state index in [1.165, 1.54) is 122 Å². The molecule has 1 saturated heterocycles. The molecule has 1 aliphatic rings. The van der Waals surface area contributed by atoms with Gasteiger partial charge in [0.1, 0.15) is 30.5 Å². The number of carbonyl (C=O) groups excluding carboxylic acids is 1. The summed E-state index contributed by atoms with van der Waals surface area (Å²) in [5, 5.41) is 30.7. The molecule has 1 aliphatic heterocycles. The molecule has 0 radical (unpaired) electrons. The van der Waals surface area contributed by atoms with Gasteiger partial charge in [-0.15, -0.1) is 0 Å². The van der Waals surface area contributed by atoms with Crippen LogP contribution in [-0.2, 0) is 38.3 Å². The minimum Gasteiger partial charge on any atom is -0.457 e. The fourth-order valence-corrected chi connectivity index (χ4v) is 8.37. The Morgan fingerprint density at radius 2 is 1.03 bits per heavy atom. The monoisotopic (exact) mass is 931 g/mol. The molecule has 13 heteroatoms. The summed E-state index contributed by atoms with van der Waals surface area (Å²) in [7, 11) is -5.07. The standard InChI is InChI=1S/C51H94O12S/c1-3-5-7-9-11-13-15-17-19-21-22-23-24-25-26-28-30-32-34-36-38-40-47(53)61-45(44-60-51-49(55)50(63-64(56,57)58)48(54)46(42-52)62-51)43-59-41-39-37-35-33-31-29-27-20-18-16-14-12-10-8-6-4-2/h15,17,21-22,24-25,45-46,48-52,54-55H,3-14,16,18-20,23,26-44H2,1-2H3,(H,56,57,58)/b17-15-,22-21-,25-24-. The van der Waals surface area contributed by atoms with Gasteiger partial charge in [0.05, 0.1) is 19.8 Å². The summed E-state index contributed by atoms with van der Waals surface area (Å²) in [5.41, 5.74) is 0. The van der Waals surface area contributed by atoms with Crippen molar-refractivity contribution in [2.24, 2.45) is 0 Å². The van der Waals surface area contributed by atoms with Crippen molar-refractivity contribution in [2.75, 3.05) is 26.4 Å². The highest BCUT2D eigenvalue weighted by Crippen LogP contribution is 2.26. The van der Waals surface area contributed by atoms with Crippen molar-refractivity contribution in [1.29, 1.82) is 0 Å². The van der Waals surface area contributed by atoms with Gasteiger partial charge in [0.15, 0.2) is 6.29 Å². The van der Waals surface area contributed by atoms with Crippen molar-refractivity contribution in [1.82, 2.24) is 0 Å². The molecule has 0 aromatic carbocycles. The first-order chi connectivity index (χ1) is 31.1. The van der Waals surface area contributed by atoms with Crippen molar-refractivity contribution in [3.8, 4) is 0 Å². The minimum absolute atomic E-state index is 0.0334. The lowest BCUT2D eigenvalue weighted by Gasteiger charge is -2.41. The van der Waals surface area contributed by atoms with Crippen LogP contribution in [0.5, 0.6) is 0 Å². The molecule has 6 atom stereocenters. The van der Waals surface area contributed by atoms with Crippen LogP contribution >= 0.6 is 0 Å². The van der Waals surface area contributed by atoms with Gasteiger partial charge in [0.2, 0.25) is 0 Å². The van der Waals surface area contributed by atoms with Crippen LogP contribution in [0.2, 0.25) is 0 Å². The summed E-state index contributed by atoms with van der Waals surface area (Å²) in [6.07, 6.45) is 41.7. The van der Waals surface area contributed by atoms with Crippen molar-refractivity contribution < 1.29 is 56.2 Å². The Labute approximate surface area is 390 Å². The largest absolute Gasteiger partial charge is 0.457 e. The van der Waals surface area contributed by atoms with Gasteiger partial charge in [0, 0.05) is 13.0 Å². The first-order valence-electron chi connectivity index (χ1n) is 25.7. The number of esters is 1. The summed E-state index contributed by atoms with van der Waals surface area (Å²) in [5.74, 6) is -0.408. The molecule has 0 bridgehead atoms. The average Bonchev–Trinajstić information content (AvgIpc) is 3.27. The second-order valence-electron chi connectivity index (χ2n) is 17.8. The molecule has 1 rings (SSSR count). The van der Waals surface area contributed by atoms with Crippen molar-refractivity contribution >= 4 is 16.4 Å². The molecule has 1 fully saturated rings. The number of aliphatic hydroxyl groups excluding tert-OH is 3. The zero-order valence-electron chi connectivity index (χ0n) is 40.3. The van der Waals surface area contributed by atoms with Gasteiger partial charge < -0.3 is 34.3 Å². The molecule has 0 aliphatic carbocycles. The number of rotatable bonds is 45. The van der Waals surface area contributed by atoms with Gasteiger partial charge in [-0.1, -0.05) is 198 Å². The number of aliphatic hydroxyl groups is 3. The molecule has 0 saturated carbocycles. The van der Waals surface area contributed by atoms with Crippen LogP contribution < -0.4 is 0 Å². The Morgan fingerprint density at radius 3 is 1.50 bits per heavy atom. The van der Waals surface area contributed by atoms with E-state index in [-0.39, 0.29) is 19.6 Å². The van der Waals surface area contributed by atoms with Gasteiger partial charge in [-0.25, -0.2) is 4.18 Å². The van der Waals surface area contributed by atoms with Gasteiger partial charge in [-0.05, 0) is 51.4 Å². The third-order valence-corrected chi connectivity index (χ3v) is 12.2. The first-order valence-corrected chi connectivity index (χ1v) is 27.1. The molecule has 1 heterocycles. The number of ether oxygens (including phenoxy) is 4. The molecule has 376 valence electrons. The van der Waals surface area contributed by atoms with Crippen LogP contribution in [0.15, 0.2) is 36.5 Å². The maximum absolute atomic E-state index is 12.9. The number of unbranched alkanes of at least 4 members (excludes halogenated alkanes) is 26. The highest BCUT2D eigenvalue weighted by Gasteiger charge is 2.48. The van der Waals surface area contributed by atoms with Crippen LogP contribution in [0.1, 0.15) is 219 Å². The molecule has 12 nitrogen and oxygen atoms in total. The van der Waals surface area contributed by atoms with Gasteiger partial charge in [-0.3, -0.25) is 9.35 Å². The number of hydrogen-bond acceptors (Lipinski definition) is 11. The van der Waals surface area contributed by atoms with Gasteiger partial charge in [0.25, 0.3) is 0 Å². The quantitative estimate of drug-likeness (QED) is 0.0197. The second-order valence-corrected chi connectivity index (χ2v) is 18.8. The molecule has 0 spiro atoms. The van der Waals surface area contributed by atoms with Crippen LogP contribution in [0.4, 0.5) is 0 Å². The normalized spacial score (nSPS) is 20.0. The first kappa shape index (κ1) is 60.3. The van der Waals surface area contributed by atoms with E-state index >= 15 is 0 Å². The van der Waals surface area contributed by atoms with E-state index in [0.29, 0.717) is 13.0 Å². The molecule has 0 aromatic heterocycles. The van der Waals surface area contributed by atoms with Crippen LogP contribution in [0.3, 0.4) is 0 Å². The summed E-state index contributed by atoms with van der Waals surface area (Å²) in [4.78, 5) is 12.9. The van der Waals surface area contributed by atoms with E-state index in [1.807, 2.05) is 0 Å². The molecule has 0 amide bonds. The van der Waals surface area contributed by atoms with E-state index in [0.717, 1.165) is 70.6 Å². The van der Waals surface area contributed by atoms with Gasteiger partial charge >= 0.3 is 16.4 Å². The van der Waals surface area contributed by atoms with E-state index in [9.17, 15) is 33.1 Å². The highest BCUT2D eigenvalue weighted by molar-refractivity contribution is 7.80. The Kier molecular flexibility index (Phi) is 40.2. The third kappa shape index (κ3) is 35.5. The van der Waals surface area contributed by atoms with Crippen molar-refractivity contribution in [3.05, 3.63) is 36.5 Å². The van der Waals surface area contributed by atoms with Crippen LogP contribution in [0, 0.1) is 0 Å². The SMILES string of the molecule is CCCCCCC/C=C\C/C=C\C/C=C\CCCCCCCCC(=O)OC(COCCCCCCCCCCCCCCCCCC)COC1OC(CO)C(O)C(OS(=O)(=O)O)C1O. The molecular formula is C51H94O12S. The van der Waals surface area contributed by atoms with Crippen molar-refractivity contribution in [2.45, 2.75) is 256 Å². The van der Waals surface area contributed by atoms with E-state index in [2.05, 4.69) is 54.5 Å². The Bertz CT molecular complexity index is 1260. The minimum atomic E-state index is -5.07. The molecule has 0 aromatic rings. The van der Waals surface area contributed by atoms with E-state index in [4.69, 9.17) is 18.9 Å². The van der Waals surface area contributed by atoms with Crippen LogP contribution in [-0.4, -0.2) is 97.5 Å². The second kappa shape index (κ2) is 42.7. The summed E-state index contributed by atoms with van der Waals surface area (Å²) >= 11 is 0. The fraction of sp³-hybridized carbons (Fsp3) is 0.863. The molecule has 6 unspecified atom stereocenters. The number of carbonyl (C=O) groups is 1. The lowest BCUT2D eigenvalue weighted by molar-refractivity contribution is -0.301. The summed E-state index contributed by atoms with van der Waals surface area (Å²) in [6.45, 7) is 3.99. The Hall–Kier alpha value is -1.68. The number of allylic oxidation sites excluding steroid dienone is 6. The van der Waals surface area contributed by atoms with Gasteiger partial charge in [-0.2, -0.15) is 8.42 Å². The van der Waals surface area contributed by atoms with E-state index < -0.39 is 59.8 Å². The fourth-order valence-electron chi connectivity index (χ4n) is 7.86. The maximum Gasteiger partial charge on any atom is 0.397 e. The van der Waals surface area contributed by atoms with E-state index in [1.54, 1.807) is 0 Å². The predicted molar refractivity (Wildman–Crippen MR) is 257 cm³/mol.